The van der Waals surface area contributed by atoms with Gasteiger partial charge in [0, 0.05) is 69.9 Å². The molecule has 5 nitrogen and oxygen atoms in total. The second kappa shape index (κ2) is 7.83. The van der Waals surface area contributed by atoms with E-state index in [2.05, 4.69) is 0 Å². The Balaban J connectivity index is 0.00000110. The predicted molar refractivity (Wildman–Crippen MR) is 83.3 cm³/mol. The van der Waals surface area contributed by atoms with Gasteiger partial charge >= 0.3 is 0 Å². The van der Waals surface area contributed by atoms with E-state index in [1.54, 1.807) is 24.3 Å². The van der Waals surface area contributed by atoms with Gasteiger partial charge in [-0.1, -0.05) is 0 Å². The molecule has 0 aliphatic rings. The van der Waals surface area contributed by atoms with E-state index in [0.717, 1.165) is 0 Å². The maximum Gasteiger partial charge on any atom is 0.186 e. The normalized spacial score (nSPS) is 13.4. The fraction of sp³-hybridized carbons (Fsp3) is 0. The van der Waals surface area contributed by atoms with Crippen molar-refractivity contribution in [2.24, 2.45) is 0 Å². The van der Waals surface area contributed by atoms with Crippen LogP contribution in [-0.4, -0.2) is 76.6 Å². The molecule has 3 aromatic rings. The first kappa shape index (κ1) is 19.5. The second-order valence-electron chi connectivity index (χ2n) is 3.92. The molecule has 21 heavy (non-hydrogen) atoms. The van der Waals surface area contributed by atoms with Gasteiger partial charge in [-0.05, 0) is 36.4 Å². The van der Waals surface area contributed by atoms with Gasteiger partial charge in [0.05, 0.1) is 9.79 Å². The van der Waals surface area contributed by atoms with Crippen LogP contribution in [0.4, 0.5) is 0 Å². The van der Waals surface area contributed by atoms with E-state index in [-0.39, 0.29) is 68.9 Å². The topological polar surface area (TPSA) is 87.7 Å². The minimum absolute atomic E-state index is 0. The van der Waals surface area contributed by atoms with Crippen molar-refractivity contribution >= 4 is 103 Å². The fourth-order valence-corrected chi connectivity index (χ4v) is 2.76. The molecule has 2 N–H and O–H groups in total. The molecule has 0 saturated carbocycles. The Labute approximate surface area is 169 Å². The van der Waals surface area contributed by atoms with E-state index >= 15 is 0 Å². The number of hydrogen-bond acceptors (Lipinski definition) is 3. The van der Waals surface area contributed by atoms with Gasteiger partial charge in [-0.2, -0.15) is 0 Å². The zero-order valence-corrected chi connectivity index (χ0v) is 17.0. The third-order valence-corrected chi connectivity index (χ3v) is 4.13. The Morgan fingerprint density at radius 2 is 1.14 bits per heavy atom. The van der Waals surface area contributed by atoms with Gasteiger partial charge in [0.25, 0.3) is 0 Å². The number of hydrogen-bond donors (Lipinski definition) is 2. The predicted octanol–water partition coefficient (Wildman–Crippen LogP) is 1.99. The van der Waals surface area contributed by atoms with Crippen LogP contribution in [0.1, 0.15) is 0 Å². The third kappa shape index (κ3) is 3.87. The monoisotopic (exact) mass is 342 g/mol. The van der Waals surface area contributed by atoms with Crippen molar-refractivity contribution in [3.05, 3.63) is 36.4 Å². The van der Waals surface area contributed by atoms with Crippen molar-refractivity contribution in [1.29, 1.82) is 0 Å². The van der Waals surface area contributed by atoms with E-state index in [0.29, 0.717) is 21.9 Å². The molecule has 2 unspecified atom stereocenters. The summed E-state index contributed by atoms with van der Waals surface area (Å²) < 4.78 is 45.9. The number of fused-ring (bicyclic) bond motifs is 3. The van der Waals surface area contributed by atoms with Crippen LogP contribution in [-0.2, 0) is 22.2 Å². The fourth-order valence-electron chi connectivity index (χ4n) is 1.95. The zero-order valence-electron chi connectivity index (χ0n) is 11.4. The smallest absolute Gasteiger partial charge is 0.186 e. The first-order valence-electron chi connectivity index (χ1n) is 5.24. The summed E-state index contributed by atoms with van der Waals surface area (Å²) in [4.78, 5) is 0.511. The molecule has 2 aromatic carbocycles. The van der Waals surface area contributed by atoms with Crippen LogP contribution in [0.25, 0.3) is 21.9 Å². The molecule has 2 atom stereocenters. The summed E-state index contributed by atoms with van der Waals surface area (Å²) in [6.45, 7) is 0. The van der Waals surface area contributed by atoms with Gasteiger partial charge in [-0.15, -0.1) is 0 Å². The van der Waals surface area contributed by atoms with Gasteiger partial charge < -0.3 is 13.5 Å². The summed E-state index contributed by atoms with van der Waals surface area (Å²) in [6, 6.07) is 9.31. The quantitative estimate of drug-likeness (QED) is 0.549. The van der Waals surface area contributed by atoms with Crippen molar-refractivity contribution in [2.75, 3.05) is 0 Å². The Morgan fingerprint density at radius 3 is 1.48 bits per heavy atom. The van der Waals surface area contributed by atoms with Gasteiger partial charge in [-0.25, -0.2) is 8.42 Å². The second-order valence-corrected chi connectivity index (χ2v) is 5.86. The van der Waals surface area contributed by atoms with Gasteiger partial charge in [0.1, 0.15) is 11.2 Å². The van der Waals surface area contributed by atoms with Gasteiger partial charge in [0.2, 0.25) is 0 Å². The van der Waals surface area contributed by atoms with Crippen molar-refractivity contribution in [2.45, 2.75) is 9.79 Å². The van der Waals surface area contributed by atoms with Crippen LogP contribution in [0, 0.1) is 0 Å². The molecule has 3 rings (SSSR count). The van der Waals surface area contributed by atoms with Crippen LogP contribution in [0.3, 0.4) is 0 Å². The average molecular weight is 342 g/mol. The maximum atomic E-state index is 11.1. The van der Waals surface area contributed by atoms with Gasteiger partial charge in [0.15, 0.2) is 22.2 Å². The van der Waals surface area contributed by atoms with Crippen LogP contribution >= 0.6 is 0 Å². The minimum atomic E-state index is -2.08. The molecule has 2 radical (unpaired) electrons. The largest absolute Gasteiger partial charge is 0.456 e. The summed E-state index contributed by atoms with van der Waals surface area (Å²) in [5.74, 6) is 0. The zero-order chi connectivity index (χ0) is 13.6. The average Bonchev–Trinajstić information content (AvgIpc) is 2.75. The van der Waals surface area contributed by atoms with Gasteiger partial charge in [-0.3, -0.25) is 0 Å². The summed E-state index contributed by atoms with van der Waals surface area (Å²) in [6.07, 6.45) is 0. The summed E-state index contributed by atoms with van der Waals surface area (Å²) in [7, 11) is 0. The molecule has 1 heterocycles. The summed E-state index contributed by atoms with van der Waals surface area (Å²) >= 11 is -4.15. The molecule has 0 aliphatic carbocycles. The molecule has 9 heteroatoms. The van der Waals surface area contributed by atoms with E-state index in [4.69, 9.17) is 13.5 Å². The van der Waals surface area contributed by atoms with E-state index < -0.39 is 22.2 Å². The van der Waals surface area contributed by atoms with Crippen molar-refractivity contribution in [3.63, 3.8) is 0 Å². The number of rotatable bonds is 2. The number of furan rings is 1. The number of benzene rings is 2. The molecule has 0 spiro atoms. The van der Waals surface area contributed by atoms with Crippen LogP contribution in [0.2, 0.25) is 0 Å². The van der Waals surface area contributed by atoms with Crippen LogP contribution in [0.15, 0.2) is 50.6 Å². The standard InChI is InChI=1S/C12H8O5S2.2Na/c13-18(14)7-1-3-11-9(5-7)10-6-8(19(15)16)2-4-12(10)17-11;;/h1-6H,(H,13,14)(H,15,16);;. The van der Waals surface area contributed by atoms with Crippen molar-refractivity contribution in [1.82, 2.24) is 0 Å². The molecule has 100 valence electrons. The Bertz CT molecular complexity index is 778. The summed E-state index contributed by atoms with van der Waals surface area (Å²) in [5, 5.41) is 1.28. The molecular formula is C12H8Na2O5S2. The van der Waals surface area contributed by atoms with E-state index in [9.17, 15) is 8.42 Å². The minimum Gasteiger partial charge on any atom is -0.456 e. The molecule has 1 aromatic heterocycles. The Kier molecular flexibility index (Phi) is 7.27. The van der Waals surface area contributed by atoms with E-state index in [1.807, 2.05) is 0 Å². The molecule has 0 bridgehead atoms. The van der Waals surface area contributed by atoms with Crippen LogP contribution in [0.5, 0.6) is 0 Å². The maximum absolute atomic E-state index is 11.1. The molecule has 0 saturated heterocycles. The Morgan fingerprint density at radius 1 is 0.762 bits per heavy atom. The molecule has 0 fully saturated rings. The first-order chi connectivity index (χ1) is 9.06. The third-order valence-electron chi connectivity index (χ3n) is 2.82. The van der Waals surface area contributed by atoms with Crippen molar-refractivity contribution in [3.8, 4) is 0 Å². The molecule has 0 aliphatic heterocycles. The van der Waals surface area contributed by atoms with Crippen molar-refractivity contribution < 1.29 is 21.9 Å². The molecule has 0 amide bonds. The van der Waals surface area contributed by atoms with E-state index in [1.165, 1.54) is 12.1 Å². The SMILES string of the molecule is O=S(O)c1ccc2oc3ccc(S(=O)O)cc3c2c1.[Na].[Na]. The summed E-state index contributed by atoms with van der Waals surface area (Å²) in [5.41, 5.74) is 1.12. The first-order valence-corrected chi connectivity index (χ1v) is 7.45. The molecular weight excluding hydrogens is 334 g/mol. The van der Waals surface area contributed by atoms with Crippen LogP contribution < -0.4 is 0 Å². The Hall–Kier alpha value is 0.460.